The number of anilines is 3. The average molecular weight is 703 g/mol. The number of benzene rings is 9. The molecule has 0 saturated heterocycles. The molecule has 0 bridgehead atoms. The Balaban J connectivity index is 1.09. The summed E-state index contributed by atoms with van der Waals surface area (Å²) < 4.78 is 9.11. The van der Waals surface area contributed by atoms with Crippen LogP contribution in [0, 0.1) is 0 Å². The third kappa shape index (κ3) is 5.13. The van der Waals surface area contributed by atoms with Gasteiger partial charge in [-0.1, -0.05) is 146 Å². The largest absolute Gasteiger partial charge is 0.454 e. The molecular weight excluding hydrogens is 669 g/mol. The van der Waals surface area contributed by atoms with Gasteiger partial charge in [0.05, 0.1) is 28.1 Å². The van der Waals surface area contributed by atoms with Crippen LogP contribution in [0.3, 0.4) is 0 Å². The second-order valence-electron chi connectivity index (χ2n) is 14.1. The molecule has 0 radical (unpaired) electrons. The van der Waals surface area contributed by atoms with Crippen molar-refractivity contribution in [2.75, 3.05) is 4.90 Å². The van der Waals surface area contributed by atoms with E-state index >= 15 is 0 Å². The molecule has 0 N–H and O–H groups in total. The zero-order valence-corrected chi connectivity index (χ0v) is 29.9. The van der Waals surface area contributed by atoms with Gasteiger partial charge in [-0.3, -0.25) is 0 Å². The summed E-state index contributed by atoms with van der Waals surface area (Å²) in [5.74, 6) is 0. The van der Waals surface area contributed by atoms with Gasteiger partial charge in [-0.05, 0) is 93.7 Å². The number of rotatable bonds is 6. The van der Waals surface area contributed by atoms with E-state index in [1.807, 2.05) is 6.07 Å². The van der Waals surface area contributed by atoms with E-state index in [1.165, 1.54) is 49.3 Å². The first-order valence-electron chi connectivity index (χ1n) is 18.8. The quantitative estimate of drug-likeness (QED) is 0.172. The number of aromatic nitrogens is 1. The molecule has 258 valence electrons. The third-order valence-corrected chi connectivity index (χ3v) is 11.0. The molecule has 0 unspecified atom stereocenters. The number of para-hydroxylation sites is 6. The lowest BCUT2D eigenvalue weighted by molar-refractivity contribution is 0.669. The number of hydrogen-bond donors (Lipinski definition) is 0. The molecule has 11 aromatic rings. The normalized spacial score (nSPS) is 11.6. The average Bonchev–Trinajstić information content (AvgIpc) is 3.81. The second-order valence-corrected chi connectivity index (χ2v) is 14.1. The fourth-order valence-corrected chi connectivity index (χ4v) is 8.39. The van der Waals surface area contributed by atoms with E-state index in [1.54, 1.807) is 0 Å². The van der Waals surface area contributed by atoms with Crippen molar-refractivity contribution in [3.05, 3.63) is 206 Å². The van der Waals surface area contributed by atoms with Gasteiger partial charge in [0.15, 0.2) is 5.58 Å². The van der Waals surface area contributed by atoms with E-state index in [2.05, 4.69) is 210 Å². The van der Waals surface area contributed by atoms with E-state index in [9.17, 15) is 0 Å². The van der Waals surface area contributed by atoms with Gasteiger partial charge in [-0.2, -0.15) is 0 Å². The number of fused-ring (bicyclic) bond motifs is 7. The van der Waals surface area contributed by atoms with Crippen molar-refractivity contribution in [3.63, 3.8) is 0 Å². The number of furan rings is 1. The van der Waals surface area contributed by atoms with Gasteiger partial charge in [0.25, 0.3) is 0 Å². The van der Waals surface area contributed by atoms with Crippen LogP contribution in [0.15, 0.2) is 211 Å². The van der Waals surface area contributed by atoms with E-state index in [4.69, 9.17) is 4.42 Å². The summed E-state index contributed by atoms with van der Waals surface area (Å²) >= 11 is 0. The highest BCUT2D eigenvalue weighted by Gasteiger charge is 2.23. The van der Waals surface area contributed by atoms with Crippen LogP contribution < -0.4 is 4.90 Å². The summed E-state index contributed by atoms with van der Waals surface area (Å²) in [5, 5.41) is 7.16. The topological polar surface area (TPSA) is 21.3 Å². The van der Waals surface area contributed by atoms with Crippen molar-refractivity contribution in [2.24, 2.45) is 0 Å². The van der Waals surface area contributed by atoms with Crippen molar-refractivity contribution in [3.8, 4) is 27.9 Å². The maximum atomic E-state index is 6.71. The van der Waals surface area contributed by atoms with Crippen molar-refractivity contribution < 1.29 is 4.42 Å². The van der Waals surface area contributed by atoms with Gasteiger partial charge >= 0.3 is 0 Å². The smallest absolute Gasteiger partial charge is 0.159 e. The molecule has 55 heavy (non-hydrogen) atoms. The minimum absolute atomic E-state index is 0.855. The van der Waals surface area contributed by atoms with E-state index in [0.29, 0.717) is 0 Å². The van der Waals surface area contributed by atoms with Crippen LogP contribution in [-0.4, -0.2) is 4.57 Å². The second kappa shape index (κ2) is 12.6. The Labute approximate surface area is 318 Å². The maximum absolute atomic E-state index is 6.71. The Morgan fingerprint density at radius 2 is 0.927 bits per heavy atom. The van der Waals surface area contributed by atoms with Crippen molar-refractivity contribution in [1.29, 1.82) is 0 Å². The molecule has 0 fully saturated rings. The summed E-state index contributed by atoms with van der Waals surface area (Å²) in [5.41, 5.74) is 13.0. The lowest BCUT2D eigenvalue weighted by atomic mass is 9.97. The molecule has 0 aliphatic rings. The Kier molecular flexibility index (Phi) is 7.17. The summed E-state index contributed by atoms with van der Waals surface area (Å²) in [4.78, 5) is 2.36. The SMILES string of the molecule is c1cc(-c2ccc(N(c3ccccc3-n3c4ccccc4c4ccccc43)c3cccc4c3oc3ccccc34)cc2)cc(-c2ccc3ccccc3c2)c1. The first-order valence-corrected chi connectivity index (χ1v) is 18.8. The van der Waals surface area contributed by atoms with Gasteiger partial charge in [0.2, 0.25) is 0 Å². The van der Waals surface area contributed by atoms with E-state index in [-0.39, 0.29) is 0 Å². The van der Waals surface area contributed by atoms with Crippen molar-refractivity contribution >= 4 is 71.6 Å². The Hall–Kier alpha value is -7.36. The molecule has 0 saturated carbocycles. The monoisotopic (exact) mass is 702 g/mol. The van der Waals surface area contributed by atoms with Gasteiger partial charge in [0, 0.05) is 27.2 Å². The first-order chi connectivity index (χ1) is 27.3. The minimum atomic E-state index is 0.855. The summed E-state index contributed by atoms with van der Waals surface area (Å²) in [6, 6.07) is 73.9. The van der Waals surface area contributed by atoms with E-state index < -0.39 is 0 Å². The van der Waals surface area contributed by atoms with Gasteiger partial charge in [-0.15, -0.1) is 0 Å². The molecule has 3 nitrogen and oxygen atoms in total. The molecule has 0 aliphatic carbocycles. The van der Waals surface area contributed by atoms with Crippen molar-refractivity contribution in [1.82, 2.24) is 4.57 Å². The lowest BCUT2D eigenvalue weighted by Crippen LogP contribution is -2.13. The van der Waals surface area contributed by atoms with Crippen LogP contribution >= 0.6 is 0 Å². The predicted molar refractivity (Wildman–Crippen MR) is 231 cm³/mol. The zero-order chi connectivity index (χ0) is 36.3. The molecule has 11 rings (SSSR count). The Morgan fingerprint density at radius 1 is 0.364 bits per heavy atom. The van der Waals surface area contributed by atoms with Crippen molar-refractivity contribution in [2.45, 2.75) is 0 Å². The fourth-order valence-electron chi connectivity index (χ4n) is 8.39. The Morgan fingerprint density at radius 3 is 1.73 bits per heavy atom. The van der Waals surface area contributed by atoms with Gasteiger partial charge in [0.1, 0.15) is 5.58 Å². The Bertz CT molecular complexity index is 3170. The highest BCUT2D eigenvalue weighted by molar-refractivity contribution is 6.12. The summed E-state index contributed by atoms with van der Waals surface area (Å²) in [6.45, 7) is 0. The zero-order valence-electron chi connectivity index (χ0n) is 29.9. The summed E-state index contributed by atoms with van der Waals surface area (Å²) in [6.07, 6.45) is 0. The molecule has 3 heteroatoms. The van der Waals surface area contributed by atoms with Crippen LogP contribution in [0.4, 0.5) is 17.1 Å². The van der Waals surface area contributed by atoms with Crippen LogP contribution in [0.2, 0.25) is 0 Å². The maximum Gasteiger partial charge on any atom is 0.159 e. The fraction of sp³-hybridized carbons (Fsp3) is 0. The molecule has 2 aromatic heterocycles. The molecule has 0 amide bonds. The molecular formula is C52H34N2O. The molecule has 0 spiro atoms. The molecule has 9 aromatic carbocycles. The first kappa shape index (κ1) is 31.2. The van der Waals surface area contributed by atoms with Crippen LogP contribution in [-0.2, 0) is 0 Å². The van der Waals surface area contributed by atoms with Crippen LogP contribution in [0.1, 0.15) is 0 Å². The van der Waals surface area contributed by atoms with Crippen LogP contribution in [0.5, 0.6) is 0 Å². The number of hydrogen-bond acceptors (Lipinski definition) is 2. The standard InChI is InChI=1S/C52H34N2O/c1-2-14-37-34-40(28-27-35(37)13-1)39-16-11-15-38(33-39)36-29-31-41(32-30-36)53(50-25-12-20-45-44-19-5-10-26-51(44)55-52(45)50)48-23-8-9-24-49(48)54-46-21-6-3-17-42(46)43-18-4-7-22-47(43)54/h1-34H. The van der Waals surface area contributed by atoms with Crippen LogP contribution in [0.25, 0.3) is 82.5 Å². The third-order valence-electron chi connectivity index (χ3n) is 11.0. The van der Waals surface area contributed by atoms with E-state index in [0.717, 1.165) is 50.3 Å². The minimum Gasteiger partial charge on any atom is -0.454 e. The lowest BCUT2D eigenvalue weighted by Gasteiger charge is -2.28. The molecule has 0 atom stereocenters. The highest BCUT2D eigenvalue weighted by Crippen LogP contribution is 2.45. The molecule has 0 aliphatic heterocycles. The highest BCUT2D eigenvalue weighted by atomic mass is 16.3. The predicted octanol–water partition coefficient (Wildman–Crippen LogP) is 14.6. The summed E-state index contributed by atoms with van der Waals surface area (Å²) in [7, 11) is 0. The van der Waals surface area contributed by atoms with Gasteiger partial charge < -0.3 is 13.9 Å². The number of nitrogens with zero attached hydrogens (tertiary/aromatic N) is 2. The molecule has 2 heterocycles. The van der Waals surface area contributed by atoms with Gasteiger partial charge in [-0.25, -0.2) is 0 Å².